The molecule has 0 saturated heterocycles. The summed E-state index contributed by atoms with van der Waals surface area (Å²) in [5.74, 6) is 0. The molecule has 0 heterocycles. The van der Waals surface area contributed by atoms with E-state index in [1.165, 1.54) is 21.2 Å². The summed E-state index contributed by atoms with van der Waals surface area (Å²) < 4.78 is 1.48. The summed E-state index contributed by atoms with van der Waals surface area (Å²) in [6, 6.07) is 17.6. The molecule has 0 aliphatic rings. The van der Waals surface area contributed by atoms with Gasteiger partial charge in [-0.15, -0.1) is 0 Å². The van der Waals surface area contributed by atoms with Gasteiger partial charge in [-0.3, -0.25) is 0 Å². The van der Waals surface area contributed by atoms with Crippen LogP contribution < -0.4 is 4.46 Å². The summed E-state index contributed by atoms with van der Waals surface area (Å²) in [6.45, 7) is 6.73. The van der Waals surface area contributed by atoms with Crippen molar-refractivity contribution < 1.29 is 0 Å². The molecule has 17 heavy (non-hydrogen) atoms. The van der Waals surface area contributed by atoms with E-state index in [1.54, 1.807) is 0 Å². The Morgan fingerprint density at radius 1 is 0.941 bits per heavy atom. The Balaban J connectivity index is 2.20. The molecule has 88 valence electrons. The molecule has 2 aromatic carbocycles. The van der Waals surface area contributed by atoms with Crippen molar-refractivity contribution in [1.29, 1.82) is 0 Å². The van der Waals surface area contributed by atoms with Crippen LogP contribution in [0.1, 0.15) is 28.4 Å². The van der Waals surface area contributed by atoms with Gasteiger partial charge in [0.05, 0.1) is 0 Å². The molecule has 0 aromatic heterocycles. The van der Waals surface area contributed by atoms with Gasteiger partial charge in [0.1, 0.15) is 0 Å². The van der Waals surface area contributed by atoms with Gasteiger partial charge in [0.2, 0.25) is 0 Å². The number of rotatable bonds is 3. The molecule has 1 heteroatoms. The molecule has 0 unspecified atom stereocenters. The van der Waals surface area contributed by atoms with Crippen LogP contribution in [-0.4, -0.2) is 15.0 Å². The normalized spacial score (nSPS) is 12.4. The van der Waals surface area contributed by atoms with E-state index in [4.69, 9.17) is 0 Å². The predicted octanol–water partition coefficient (Wildman–Crippen LogP) is 3.39. The Hall–Kier alpha value is -1.04. The molecule has 0 nitrogen and oxygen atoms in total. The van der Waals surface area contributed by atoms with Crippen LogP contribution in [-0.2, 0) is 0 Å². The third-order valence-corrected chi connectivity index (χ3v) is 5.35. The summed E-state index contributed by atoms with van der Waals surface area (Å²) in [5, 5.41) is 0. The summed E-state index contributed by atoms with van der Waals surface area (Å²) in [4.78, 5) is 0.643. The molecule has 0 spiro atoms. The maximum absolute atomic E-state index is 2.34. The standard InChI is InChI=1S/C16H18Se/c1-12-9-10-13(2)16(11-12)14(3)17-15-7-5-4-6-8-15/h4-11,14H,1-3H3/t14-/m0/s1. The molecule has 1 atom stereocenters. The average Bonchev–Trinajstić information content (AvgIpc) is 2.33. The third-order valence-electron chi connectivity index (χ3n) is 2.93. The van der Waals surface area contributed by atoms with E-state index in [-0.39, 0.29) is 0 Å². The van der Waals surface area contributed by atoms with Crippen LogP contribution in [0, 0.1) is 13.8 Å². The van der Waals surface area contributed by atoms with E-state index in [0.717, 1.165) is 0 Å². The molecule has 0 bridgehead atoms. The monoisotopic (exact) mass is 290 g/mol. The minimum absolute atomic E-state index is 0.514. The summed E-state index contributed by atoms with van der Waals surface area (Å²) in [6.07, 6.45) is 0. The van der Waals surface area contributed by atoms with E-state index in [9.17, 15) is 0 Å². The van der Waals surface area contributed by atoms with Gasteiger partial charge >= 0.3 is 110 Å². The van der Waals surface area contributed by atoms with Gasteiger partial charge in [-0.1, -0.05) is 0 Å². The Bertz CT molecular complexity index is 488. The number of hydrogen-bond donors (Lipinski definition) is 0. The van der Waals surface area contributed by atoms with Crippen LogP contribution in [0.4, 0.5) is 0 Å². The number of hydrogen-bond acceptors (Lipinski definition) is 0. The molecule has 0 radical (unpaired) electrons. The second kappa shape index (κ2) is 5.53. The van der Waals surface area contributed by atoms with Gasteiger partial charge in [0, 0.05) is 0 Å². The van der Waals surface area contributed by atoms with E-state index in [1.807, 2.05) is 0 Å². The van der Waals surface area contributed by atoms with E-state index >= 15 is 0 Å². The Morgan fingerprint density at radius 3 is 2.35 bits per heavy atom. The minimum atomic E-state index is 0.514. The number of benzene rings is 2. The number of aryl methyl sites for hydroxylation is 2. The van der Waals surface area contributed by atoms with Crippen molar-refractivity contribution in [1.82, 2.24) is 0 Å². The summed E-state index contributed by atoms with van der Waals surface area (Å²) in [7, 11) is 0. The van der Waals surface area contributed by atoms with Crippen LogP contribution in [0.3, 0.4) is 0 Å². The van der Waals surface area contributed by atoms with Gasteiger partial charge in [-0.05, 0) is 0 Å². The Labute approximate surface area is 110 Å². The predicted molar refractivity (Wildman–Crippen MR) is 76.2 cm³/mol. The second-order valence-corrected chi connectivity index (χ2v) is 7.40. The Kier molecular flexibility index (Phi) is 4.04. The molecule has 0 fully saturated rings. The molecule has 0 aliphatic carbocycles. The van der Waals surface area contributed by atoms with Crippen molar-refractivity contribution in [2.45, 2.75) is 25.6 Å². The van der Waals surface area contributed by atoms with E-state index in [2.05, 4.69) is 69.3 Å². The molecular formula is C16H18Se. The van der Waals surface area contributed by atoms with Gasteiger partial charge < -0.3 is 0 Å². The third kappa shape index (κ3) is 3.21. The topological polar surface area (TPSA) is 0 Å². The van der Waals surface area contributed by atoms with E-state index < -0.39 is 0 Å². The average molecular weight is 289 g/mol. The fourth-order valence-electron chi connectivity index (χ4n) is 1.96. The maximum atomic E-state index is 2.34. The van der Waals surface area contributed by atoms with Crippen molar-refractivity contribution >= 4 is 19.4 Å². The van der Waals surface area contributed by atoms with Crippen LogP contribution in [0.2, 0.25) is 0 Å². The quantitative estimate of drug-likeness (QED) is 0.760. The van der Waals surface area contributed by atoms with Gasteiger partial charge in [-0.25, -0.2) is 0 Å². The first-order chi connectivity index (χ1) is 8.16. The van der Waals surface area contributed by atoms with Crippen LogP contribution in [0.5, 0.6) is 0 Å². The molecule has 2 aromatic rings. The molecule has 0 saturated carbocycles. The van der Waals surface area contributed by atoms with Gasteiger partial charge in [0.25, 0.3) is 0 Å². The fraction of sp³-hybridized carbons (Fsp3) is 0.250. The Morgan fingerprint density at radius 2 is 1.65 bits per heavy atom. The molecular weight excluding hydrogens is 271 g/mol. The zero-order chi connectivity index (χ0) is 12.3. The van der Waals surface area contributed by atoms with Crippen LogP contribution >= 0.6 is 0 Å². The van der Waals surface area contributed by atoms with Crippen molar-refractivity contribution in [2.24, 2.45) is 0 Å². The summed E-state index contributed by atoms with van der Waals surface area (Å²) >= 11 is 0.514. The molecule has 0 N–H and O–H groups in total. The zero-order valence-corrected chi connectivity index (χ0v) is 12.3. The van der Waals surface area contributed by atoms with Gasteiger partial charge in [0.15, 0.2) is 0 Å². The second-order valence-electron chi connectivity index (χ2n) is 4.43. The van der Waals surface area contributed by atoms with Crippen LogP contribution in [0.15, 0.2) is 48.5 Å². The molecule has 2 rings (SSSR count). The first-order valence-electron chi connectivity index (χ1n) is 5.95. The van der Waals surface area contributed by atoms with Crippen molar-refractivity contribution in [3.8, 4) is 0 Å². The summed E-state index contributed by atoms with van der Waals surface area (Å²) in [5.41, 5.74) is 4.29. The first-order valence-corrected chi connectivity index (χ1v) is 7.80. The van der Waals surface area contributed by atoms with Crippen molar-refractivity contribution in [3.05, 3.63) is 65.2 Å². The van der Waals surface area contributed by atoms with Crippen LogP contribution in [0.25, 0.3) is 0 Å². The van der Waals surface area contributed by atoms with Crippen molar-refractivity contribution in [2.75, 3.05) is 0 Å². The molecule has 0 aliphatic heterocycles. The zero-order valence-electron chi connectivity index (χ0n) is 10.6. The van der Waals surface area contributed by atoms with Gasteiger partial charge in [-0.2, -0.15) is 0 Å². The van der Waals surface area contributed by atoms with E-state index in [0.29, 0.717) is 19.8 Å². The fourth-order valence-corrected chi connectivity index (χ4v) is 4.28. The SMILES string of the molecule is Cc1ccc(C)c([C@H](C)[Se]c2ccccc2)c1. The molecule has 0 amide bonds. The first kappa shape index (κ1) is 12.4. The van der Waals surface area contributed by atoms with Crippen molar-refractivity contribution in [3.63, 3.8) is 0 Å².